The molecule has 0 aromatic heterocycles. The van der Waals surface area contributed by atoms with Crippen LogP contribution in [-0.4, -0.2) is 23.6 Å². The summed E-state index contributed by atoms with van der Waals surface area (Å²) in [6, 6.07) is 15.0. The quantitative estimate of drug-likeness (QED) is 0.488. The summed E-state index contributed by atoms with van der Waals surface area (Å²) in [4.78, 5) is 57.7. The van der Waals surface area contributed by atoms with E-state index in [1.165, 1.54) is 9.80 Å². The molecule has 182 valence electrons. The number of carbonyl (C=O) groups is 4. The highest BCUT2D eigenvalue weighted by molar-refractivity contribution is 6.22. The third kappa shape index (κ3) is 3.03. The van der Waals surface area contributed by atoms with Crippen LogP contribution in [-0.2, 0) is 32.0 Å². The Morgan fingerprint density at radius 3 is 1.14 bits per heavy atom. The Morgan fingerprint density at radius 1 is 0.528 bits per heavy atom. The maximum Gasteiger partial charge on any atom is 0.241 e. The standard InChI is InChI=1S/C30H28N2O4/c1-3-17-9-5-7-11-23(17)31-27(33)19-13-15-21-26-22(16-14-20(25(19)26)28(31)34)30(36)32(29(21)35)24-12-8-6-10-18(24)4-2/h5-16,19-22,25-26H,3-4H2,1-2H3/t19-,20+,21+,22-,25?,26?. The van der Waals surface area contributed by atoms with Crippen molar-refractivity contribution in [2.24, 2.45) is 35.5 Å². The van der Waals surface area contributed by atoms with Crippen molar-refractivity contribution in [3.05, 3.63) is 84.0 Å². The maximum absolute atomic E-state index is 13.8. The van der Waals surface area contributed by atoms with E-state index in [-0.39, 0.29) is 23.6 Å². The third-order valence-electron chi connectivity index (χ3n) is 8.40. The van der Waals surface area contributed by atoms with E-state index in [1.54, 1.807) is 0 Å². The van der Waals surface area contributed by atoms with Crippen LogP contribution in [0.25, 0.3) is 0 Å². The fourth-order valence-electron chi connectivity index (χ4n) is 6.73. The SMILES string of the molecule is CCc1ccccc1N1C(=O)[C@H]2C=C[C@H]3C(=O)N(c4ccccc4CC)C(=O)[C@H]4C=C[C@@H](C1=O)C2C43. The molecule has 0 spiro atoms. The van der Waals surface area contributed by atoms with Crippen LogP contribution in [0, 0.1) is 35.5 Å². The first-order chi connectivity index (χ1) is 17.5. The number of para-hydroxylation sites is 2. The summed E-state index contributed by atoms with van der Waals surface area (Å²) in [6.45, 7) is 4.00. The molecule has 2 aromatic rings. The number of nitrogens with zero attached hydrogens (tertiary/aromatic N) is 2. The molecule has 0 saturated carbocycles. The first-order valence-electron chi connectivity index (χ1n) is 12.8. The van der Waals surface area contributed by atoms with Gasteiger partial charge in [0.1, 0.15) is 0 Å². The fraction of sp³-hybridized carbons (Fsp3) is 0.333. The Bertz CT molecular complexity index is 1200. The van der Waals surface area contributed by atoms with Crippen LogP contribution in [0.15, 0.2) is 72.8 Å². The van der Waals surface area contributed by atoms with Gasteiger partial charge in [-0.2, -0.15) is 0 Å². The van der Waals surface area contributed by atoms with Crippen molar-refractivity contribution in [1.82, 2.24) is 0 Å². The lowest BCUT2D eigenvalue weighted by Gasteiger charge is -2.53. The van der Waals surface area contributed by atoms with Gasteiger partial charge in [0, 0.05) is 0 Å². The summed E-state index contributed by atoms with van der Waals surface area (Å²) in [5.41, 5.74) is 3.11. The molecule has 2 heterocycles. The van der Waals surface area contributed by atoms with Crippen molar-refractivity contribution < 1.29 is 19.2 Å². The number of imide groups is 2. The van der Waals surface area contributed by atoms with Gasteiger partial charge in [0.15, 0.2) is 0 Å². The summed E-state index contributed by atoms with van der Waals surface area (Å²) in [7, 11) is 0. The minimum atomic E-state index is -0.554. The molecule has 2 saturated heterocycles. The van der Waals surface area contributed by atoms with Crippen LogP contribution in [0.1, 0.15) is 25.0 Å². The van der Waals surface area contributed by atoms with Crippen LogP contribution in [0.4, 0.5) is 11.4 Å². The normalized spacial score (nSPS) is 30.6. The second kappa shape index (κ2) is 8.40. The van der Waals surface area contributed by atoms with Crippen LogP contribution in [0.2, 0.25) is 0 Å². The van der Waals surface area contributed by atoms with Crippen molar-refractivity contribution in [3.63, 3.8) is 0 Å². The number of amides is 4. The van der Waals surface area contributed by atoms with Crippen LogP contribution in [0.5, 0.6) is 0 Å². The lowest BCUT2D eigenvalue weighted by Crippen LogP contribution is -2.64. The molecule has 2 aliphatic heterocycles. The Balaban J connectivity index is 1.44. The van der Waals surface area contributed by atoms with E-state index in [9.17, 15) is 19.2 Å². The highest BCUT2D eigenvalue weighted by Gasteiger charge is 2.61. The number of anilines is 2. The smallest absolute Gasteiger partial charge is 0.241 e. The van der Waals surface area contributed by atoms with E-state index in [2.05, 4.69) is 0 Å². The average Bonchev–Trinajstić information content (AvgIpc) is 2.91. The first kappa shape index (κ1) is 22.7. The third-order valence-corrected chi connectivity index (χ3v) is 8.40. The number of carbonyl (C=O) groups excluding carboxylic acids is 4. The van der Waals surface area contributed by atoms with E-state index in [0.29, 0.717) is 24.2 Å². The van der Waals surface area contributed by atoms with E-state index in [1.807, 2.05) is 86.7 Å². The van der Waals surface area contributed by atoms with Crippen molar-refractivity contribution in [3.8, 4) is 0 Å². The van der Waals surface area contributed by atoms with E-state index >= 15 is 0 Å². The van der Waals surface area contributed by atoms with Crippen molar-refractivity contribution >= 4 is 35.0 Å². The molecule has 0 N–H and O–H groups in total. The molecule has 36 heavy (non-hydrogen) atoms. The number of benzene rings is 2. The van der Waals surface area contributed by atoms with Gasteiger partial charge in [0.2, 0.25) is 23.6 Å². The predicted octanol–water partition coefficient (Wildman–Crippen LogP) is 4.09. The molecular formula is C30H28N2O4. The Morgan fingerprint density at radius 2 is 0.833 bits per heavy atom. The Labute approximate surface area is 210 Å². The minimum absolute atomic E-state index is 0.274. The summed E-state index contributed by atoms with van der Waals surface area (Å²) in [5.74, 6) is -4.12. The van der Waals surface area contributed by atoms with Crippen LogP contribution >= 0.6 is 0 Å². The highest BCUT2D eigenvalue weighted by atomic mass is 16.2. The minimum Gasteiger partial charge on any atom is -0.273 e. The topological polar surface area (TPSA) is 74.8 Å². The van der Waals surface area contributed by atoms with Crippen molar-refractivity contribution in [2.45, 2.75) is 26.7 Å². The number of rotatable bonds is 4. The lowest BCUT2D eigenvalue weighted by atomic mass is 9.55. The maximum atomic E-state index is 13.8. The van der Waals surface area contributed by atoms with E-state index in [0.717, 1.165) is 11.1 Å². The summed E-state index contributed by atoms with van der Waals surface area (Å²) >= 11 is 0. The zero-order valence-electron chi connectivity index (χ0n) is 20.3. The monoisotopic (exact) mass is 480 g/mol. The van der Waals surface area contributed by atoms with Gasteiger partial charge >= 0.3 is 0 Å². The number of hydrogen-bond donors (Lipinski definition) is 0. The molecule has 2 aromatic carbocycles. The molecule has 0 bridgehead atoms. The van der Waals surface area contributed by atoms with Gasteiger partial charge in [-0.05, 0) is 47.9 Å². The summed E-state index contributed by atoms with van der Waals surface area (Å²) in [6.07, 6.45) is 8.63. The van der Waals surface area contributed by atoms with Gasteiger partial charge in [-0.25, -0.2) is 9.80 Å². The summed E-state index contributed by atoms with van der Waals surface area (Å²) < 4.78 is 0. The molecule has 6 rings (SSSR count). The molecule has 6 atom stereocenters. The molecule has 4 amide bonds. The molecule has 2 fully saturated rings. The van der Waals surface area contributed by atoms with Gasteiger partial charge in [-0.15, -0.1) is 0 Å². The average molecular weight is 481 g/mol. The highest BCUT2D eigenvalue weighted by Crippen LogP contribution is 2.53. The van der Waals surface area contributed by atoms with Crippen LogP contribution in [0.3, 0.4) is 0 Å². The van der Waals surface area contributed by atoms with Gasteiger partial charge in [0.25, 0.3) is 0 Å². The van der Waals surface area contributed by atoms with Crippen molar-refractivity contribution in [2.75, 3.05) is 9.80 Å². The van der Waals surface area contributed by atoms with E-state index in [4.69, 9.17) is 0 Å². The Kier molecular flexibility index (Phi) is 5.29. The molecule has 0 radical (unpaired) electrons. The number of aryl methyl sites for hydroxylation is 2. The molecule has 4 aliphatic rings. The molecule has 2 aliphatic carbocycles. The molecule has 2 unspecified atom stereocenters. The molecule has 6 heteroatoms. The second-order valence-electron chi connectivity index (χ2n) is 10.0. The Hall–Kier alpha value is -3.80. The predicted molar refractivity (Wildman–Crippen MR) is 136 cm³/mol. The van der Waals surface area contributed by atoms with Gasteiger partial charge in [-0.3, -0.25) is 19.2 Å². The van der Waals surface area contributed by atoms with Crippen LogP contribution < -0.4 is 9.80 Å². The molecular weight excluding hydrogens is 452 g/mol. The van der Waals surface area contributed by atoms with Gasteiger partial charge in [0.05, 0.1) is 35.0 Å². The van der Waals surface area contributed by atoms with E-state index < -0.39 is 35.5 Å². The van der Waals surface area contributed by atoms with Gasteiger partial charge < -0.3 is 0 Å². The number of hydrogen-bond acceptors (Lipinski definition) is 4. The van der Waals surface area contributed by atoms with Crippen molar-refractivity contribution in [1.29, 1.82) is 0 Å². The fourth-order valence-corrected chi connectivity index (χ4v) is 6.73. The van der Waals surface area contributed by atoms with Gasteiger partial charge in [-0.1, -0.05) is 74.5 Å². The second-order valence-corrected chi connectivity index (χ2v) is 10.0. The summed E-state index contributed by atoms with van der Waals surface area (Å²) in [5, 5.41) is 0. The largest absolute Gasteiger partial charge is 0.273 e. The zero-order valence-corrected chi connectivity index (χ0v) is 20.3. The lowest BCUT2D eigenvalue weighted by molar-refractivity contribution is -0.148. The number of piperidine rings is 2. The zero-order chi connectivity index (χ0) is 25.1. The first-order valence-corrected chi connectivity index (χ1v) is 12.8. The molecule has 6 nitrogen and oxygen atoms in total.